The second kappa shape index (κ2) is 5.92. The molecule has 1 aromatic rings. The molecule has 0 bridgehead atoms. The van der Waals surface area contributed by atoms with Gasteiger partial charge in [0.2, 0.25) is 0 Å². The summed E-state index contributed by atoms with van der Waals surface area (Å²) >= 11 is 0. The van der Waals surface area contributed by atoms with Crippen LogP contribution < -0.4 is 0 Å². The highest BCUT2D eigenvalue weighted by Gasteiger charge is 2.01. The van der Waals surface area contributed by atoms with E-state index in [1.165, 1.54) is 0 Å². The number of hydrogen-bond donors (Lipinski definition) is 1. The Labute approximate surface area is 107 Å². The average molecular weight is 240 g/mol. The minimum Gasteiger partial charge on any atom is -0.508 e. The van der Waals surface area contributed by atoms with Crippen LogP contribution in [0, 0.1) is 0 Å². The Morgan fingerprint density at radius 1 is 1.17 bits per heavy atom. The number of phenols is 1. The third kappa shape index (κ3) is 3.39. The van der Waals surface area contributed by atoms with Gasteiger partial charge in [0.25, 0.3) is 0 Å². The summed E-state index contributed by atoms with van der Waals surface area (Å²) in [7, 11) is 0. The third-order valence-electron chi connectivity index (χ3n) is 2.69. The Kier molecular flexibility index (Phi) is 4.02. The molecule has 1 N–H and O–H groups in total. The van der Waals surface area contributed by atoms with Gasteiger partial charge < -0.3 is 9.84 Å². The molecule has 92 valence electrons. The maximum atomic E-state index is 9.28. The molecule has 2 heteroatoms. The van der Waals surface area contributed by atoms with Gasteiger partial charge in [-0.15, -0.1) is 0 Å². The molecule has 0 saturated carbocycles. The van der Waals surface area contributed by atoms with Crippen LogP contribution in [0.4, 0.5) is 0 Å². The zero-order valence-electron chi connectivity index (χ0n) is 10.3. The Bertz CT molecular complexity index is 517. The summed E-state index contributed by atoms with van der Waals surface area (Å²) in [5, 5.41) is 9.28. The number of allylic oxidation sites excluding steroid dienone is 6. The number of benzene rings is 1. The fourth-order valence-electron chi connectivity index (χ4n) is 1.65. The normalized spacial score (nSPS) is 20.3. The van der Waals surface area contributed by atoms with E-state index in [1.807, 2.05) is 37.3 Å². The van der Waals surface area contributed by atoms with Crippen LogP contribution in [-0.4, -0.2) is 5.11 Å². The molecule has 0 amide bonds. The number of ether oxygens (including phenoxy) is 1. The van der Waals surface area contributed by atoms with Crippen LogP contribution >= 0.6 is 0 Å². The summed E-state index contributed by atoms with van der Waals surface area (Å²) in [4.78, 5) is 0. The van der Waals surface area contributed by atoms with Crippen molar-refractivity contribution < 1.29 is 9.84 Å². The van der Waals surface area contributed by atoms with Crippen molar-refractivity contribution in [3.05, 3.63) is 72.2 Å². The van der Waals surface area contributed by atoms with Gasteiger partial charge >= 0.3 is 0 Å². The lowest BCUT2D eigenvalue weighted by atomic mass is 10.0. The first-order valence-corrected chi connectivity index (χ1v) is 5.89. The lowest BCUT2D eigenvalue weighted by Crippen LogP contribution is -1.85. The predicted molar refractivity (Wildman–Crippen MR) is 73.8 cm³/mol. The zero-order chi connectivity index (χ0) is 12.8. The topological polar surface area (TPSA) is 29.5 Å². The summed E-state index contributed by atoms with van der Waals surface area (Å²) in [6.07, 6.45) is 12.3. The van der Waals surface area contributed by atoms with Crippen molar-refractivity contribution >= 4 is 5.57 Å². The molecule has 18 heavy (non-hydrogen) atoms. The molecule has 1 aliphatic rings. The van der Waals surface area contributed by atoms with Crippen molar-refractivity contribution in [1.29, 1.82) is 0 Å². The van der Waals surface area contributed by atoms with Crippen molar-refractivity contribution in [2.75, 3.05) is 0 Å². The second-order valence-electron chi connectivity index (χ2n) is 4.17. The minimum atomic E-state index is 0.272. The molecule has 2 nitrogen and oxygen atoms in total. The highest BCUT2D eigenvalue weighted by molar-refractivity contribution is 5.66. The predicted octanol–water partition coefficient (Wildman–Crippen LogP) is 4.17. The largest absolute Gasteiger partial charge is 0.508 e. The summed E-state index contributed by atoms with van der Waals surface area (Å²) in [5.74, 6) is 0.272. The molecule has 0 spiro atoms. The van der Waals surface area contributed by atoms with Crippen LogP contribution in [-0.2, 0) is 4.74 Å². The quantitative estimate of drug-likeness (QED) is 0.798. The summed E-state index contributed by atoms with van der Waals surface area (Å²) in [5.41, 5.74) is 3.27. The van der Waals surface area contributed by atoms with Gasteiger partial charge in [0.1, 0.15) is 5.75 Å². The zero-order valence-corrected chi connectivity index (χ0v) is 10.3. The molecule has 0 unspecified atom stereocenters. The monoisotopic (exact) mass is 240 g/mol. The molecular formula is C16H16O2. The van der Waals surface area contributed by atoms with E-state index < -0.39 is 0 Å². The van der Waals surface area contributed by atoms with E-state index in [4.69, 9.17) is 4.74 Å². The fourth-order valence-corrected chi connectivity index (χ4v) is 1.65. The van der Waals surface area contributed by atoms with E-state index >= 15 is 0 Å². The van der Waals surface area contributed by atoms with E-state index in [-0.39, 0.29) is 5.75 Å². The number of phenolic OH excluding ortho intramolecular Hbond substituents is 1. The highest BCUT2D eigenvalue weighted by Crippen LogP contribution is 2.22. The van der Waals surface area contributed by atoms with Gasteiger partial charge in [0, 0.05) is 0 Å². The van der Waals surface area contributed by atoms with Crippen LogP contribution in [0.25, 0.3) is 5.57 Å². The Morgan fingerprint density at radius 3 is 2.72 bits per heavy atom. The van der Waals surface area contributed by atoms with Gasteiger partial charge in [-0.05, 0) is 48.3 Å². The van der Waals surface area contributed by atoms with E-state index in [0.29, 0.717) is 0 Å². The van der Waals surface area contributed by atoms with Crippen LogP contribution in [0.1, 0.15) is 18.9 Å². The van der Waals surface area contributed by atoms with Crippen molar-refractivity contribution in [2.24, 2.45) is 0 Å². The Morgan fingerprint density at radius 2 is 1.94 bits per heavy atom. The number of aromatic hydroxyl groups is 1. The maximum Gasteiger partial charge on any atom is 0.115 e. The van der Waals surface area contributed by atoms with Gasteiger partial charge in [-0.25, -0.2) is 0 Å². The Balaban J connectivity index is 2.22. The van der Waals surface area contributed by atoms with Gasteiger partial charge in [-0.1, -0.05) is 30.4 Å². The molecule has 1 aromatic carbocycles. The highest BCUT2D eigenvalue weighted by atomic mass is 16.5. The SMILES string of the molecule is CC1=C/C=C/C/C(c2ccc(O)cc2)=C\OC=C1. The molecule has 0 aliphatic carbocycles. The van der Waals surface area contributed by atoms with Crippen LogP contribution in [0.3, 0.4) is 0 Å². The van der Waals surface area contributed by atoms with Crippen LogP contribution in [0.15, 0.2) is 66.7 Å². The number of hydrogen-bond acceptors (Lipinski definition) is 2. The molecule has 2 rings (SSSR count). The summed E-state index contributed by atoms with van der Waals surface area (Å²) in [6.45, 7) is 2.02. The first-order chi connectivity index (χ1) is 8.75. The molecular weight excluding hydrogens is 224 g/mol. The van der Waals surface area contributed by atoms with E-state index in [0.717, 1.165) is 23.1 Å². The first kappa shape index (κ1) is 12.2. The average Bonchev–Trinajstić information content (AvgIpc) is 2.38. The van der Waals surface area contributed by atoms with Crippen molar-refractivity contribution in [3.8, 4) is 5.75 Å². The molecule has 0 atom stereocenters. The molecule has 1 aliphatic heterocycles. The van der Waals surface area contributed by atoms with Crippen molar-refractivity contribution in [2.45, 2.75) is 13.3 Å². The number of rotatable bonds is 1. The molecule has 1 heterocycles. The van der Waals surface area contributed by atoms with Crippen molar-refractivity contribution in [3.63, 3.8) is 0 Å². The summed E-state index contributed by atoms with van der Waals surface area (Å²) in [6, 6.07) is 7.13. The van der Waals surface area contributed by atoms with E-state index in [2.05, 4.69) is 6.08 Å². The van der Waals surface area contributed by atoms with Gasteiger partial charge in [0.05, 0.1) is 12.5 Å². The smallest absolute Gasteiger partial charge is 0.115 e. The molecule has 0 fully saturated rings. The second-order valence-corrected chi connectivity index (χ2v) is 4.17. The first-order valence-electron chi connectivity index (χ1n) is 5.89. The lowest BCUT2D eigenvalue weighted by molar-refractivity contribution is 0.403. The fraction of sp³-hybridized carbons (Fsp3) is 0.125. The Hall–Kier alpha value is -2.22. The molecule has 0 radical (unpaired) electrons. The van der Waals surface area contributed by atoms with E-state index in [1.54, 1.807) is 24.7 Å². The summed E-state index contributed by atoms with van der Waals surface area (Å²) < 4.78 is 5.40. The maximum absolute atomic E-state index is 9.28. The lowest BCUT2D eigenvalue weighted by Gasteiger charge is -2.06. The van der Waals surface area contributed by atoms with E-state index in [9.17, 15) is 5.11 Å². The van der Waals surface area contributed by atoms with Crippen LogP contribution in [0.2, 0.25) is 0 Å². The third-order valence-corrected chi connectivity index (χ3v) is 2.69. The minimum absolute atomic E-state index is 0.272. The molecule has 0 aromatic heterocycles. The van der Waals surface area contributed by atoms with Gasteiger partial charge in [-0.2, -0.15) is 0 Å². The molecule has 0 saturated heterocycles. The standard InChI is InChI=1S/C16H16O2/c1-13-4-2-3-5-15(12-18-11-10-13)14-6-8-16(17)9-7-14/h2-4,6-12,17H,5H2,1H3/b3-2+,11-10?,13-4?,15-12+. The van der Waals surface area contributed by atoms with Crippen molar-refractivity contribution in [1.82, 2.24) is 0 Å². The van der Waals surface area contributed by atoms with Crippen LogP contribution in [0.5, 0.6) is 5.75 Å². The van der Waals surface area contributed by atoms with Gasteiger partial charge in [-0.3, -0.25) is 0 Å². The van der Waals surface area contributed by atoms with Gasteiger partial charge in [0.15, 0.2) is 0 Å².